The van der Waals surface area contributed by atoms with Crippen LogP contribution in [-0.2, 0) is 9.53 Å². The lowest BCUT2D eigenvalue weighted by Gasteiger charge is -2.21. The van der Waals surface area contributed by atoms with Gasteiger partial charge in [-0.2, -0.15) is 0 Å². The second kappa shape index (κ2) is 8.03. The Bertz CT molecular complexity index is 481. The van der Waals surface area contributed by atoms with Crippen LogP contribution in [0.15, 0.2) is 24.3 Å². The van der Waals surface area contributed by atoms with Crippen LogP contribution in [0.4, 0.5) is 0 Å². The van der Waals surface area contributed by atoms with Crippen LogP contribution in [0.2, 0.25) is 5.02 Å². The normalized spacial score (nSPS) is 15.5. The molecule has 1 amide bonds. The number of nitrogens with one attached hydrogen (secondary N) is 1. The molecule has 1 fully saturated rings. The van der Waals surface area contributed by atoms with Crippen molar-refractivity contribution < 1.29 is 14.3 Å². The monoisotopic (exact) mass is 309 g/mol. The highest BCUT2D eigenvalue weighted by molar-refractivity contribution is 6.30. The van der Waals surface area contributed by atoms with Crippen LogP contribution in [0, 0.1) is 5.92 Å². The van der Waals surface area contributed by atoms with Crippen LogP contribution in [-0.4, -0.2) is 25.0 Å². The third-order valence-corrected chi connectivity index (χ3v) is 3.96. The molecule has 1 aromatic rings. The van der Waals surface area contributed by atoms with Crippen molar-refractivity contribution in [2.75, 3.05) is 13.2 Å². The summed E-state index contributed by atoms with van der Waals surface area (Å²) in [7, 11) is 0. The van der Waals surface area contributed by atoms with E-state index in [2.05, 4.69) is 5.32 Å². The first-order valence-electron chi connectivity index (χ1n) is 7.34. The molecule has 0 unspecified atom stereocenters. The Kier molecular flexibility index (Phi) is 6.05. The maximum atomic E-state index is 11.8. The summed E-state index contributed by atoms with van der Waals surface area (Å²) in [5, 5.41) is 3.12. The van der Waals surface area contributed by atoms with E-state index >= 15 is 0 Å². The maximum absolute atomic E-state index is 11.8. The number of hydrogen-bond acceptors (Lipinski definition) is 3. The standard InChI is InChI=1S/C16H20ClNO3/c17-14-8-6-13(7-9-14)16(20)18-10-15(19)21-11-12-4-2-1-3-5-12/h6-9,12H,1-5,10-11H2,(H,18,20). The molecule has 0 radical (unpaired) electrons. The van der Waals surface area contributed by atoms with Crippen LogP contribution in [0.3, 0.4) is 0 Å². The molecular formula is C16H20ClNO3. The first-order chi connectivity index (χ1) is 10.1. The fourth-order valence-electron chi connectivity index (χ4n) is 2.47. The number of ether oxygens (including phenoxy) is 1. The quantitative estimate of drug-likeness (QED) is 0.850. The summed E-state index contributed by atoms with van der Waals surface area (Å²) in [5.41, 5.74) is 0.472. The summed E-state index contributed by atoms with van der Waals surface area (Å²) < 4.78 is 5.21. The minimum atomic E-state index is -0.386. The molecule has 0 spiro atoms. The molecule has 0 atom stereocenters. The van der Waals surface area contributed by atoms with Gasteiger partial charge in [0.2, 0.25) is 0 Å². The lowest BCUT2D eigenvalue weighted by molar-refractivity contribution is -0.144. The van der Waals surface area contributed by atoms with Gasteiger partial charge in [0, 0.05) is 10.6 Å². The molecule has 0 bridgehead atoms. The number of esters is 1. The van der Waals surface area contributed by atoms with Gasteiger partial charge in [0.05, 0.1) is 6.61 Å². The summed E-state index contributed by atoms with van der Waals surface area (Å²) in [4.78, 5) is 23.4. The lowest BCUT2D eigenvalue weighted by atomic mass is 9.90. The highest BCUT2D eigenvalue weighted by Gasteiger charge is 2.16. The van der Waals surface area contributed by atoms with Crippen molar-refractivity contribution >= 4 is 23.5 Å². The number of benzene rings is 1. The van der Waals surface area contributed by atoms with E-state index in [0.29, 0.717) is 23.1 Å². The van der Waals surface area contributed by atoms with E-state index in [4.69, 9.17) is 16.3 Å². The minimum Gasteiger partial charge on any atom is -0.464 e. The molecule has 1 aliphatic carbocycles. The Morgan fingerprint density at radius 1 is 1.14 bits per heavy atom. The Balaban J connectivity index is 1.68. The molecule has 0 aromatic heterocycles. The van der Waals surface area contributed by atoms with E-state index in [0.717, 1.165) is 12.8 Å². The zero-order chi connectivity index (χ0) is 15.1. The SMILES string of the molecule is O=C(CNC(=O)c1ccc(Cl)cc1)OCC1CCCCC1. The van der Waals surface area contributed by atoms with Crippen LogP contribution in [0.5, 0.6) is 0 Å². The van der Waals surface area contributed by atoms with Crippen LogP contribution < -0.4 is 5.32 Å². The van der Waals surface area contributed by atoms with Gasteiger partial charge in [-0.3, -0.25) is 9.59 Å². The van der Waals surface area contributed by atoms with Crippen molar-refractivity contribution in [3.05, 3.63) is 34.9 Å². The van der Waals surface area contributed by atoms with Gasteiger partial charge in [-0.25, -0.2) is 0 Å². The van der Waals surface area contributed by atoms with Crippen molar-refractivity contribution in [3.63, 3.8) is 0 Å². The van der Waals surface area contributed by atoms with Crippen LogP contribution >= 0.6 is 11.6 Å². The van der Waals surface area contributed by atoms with E-state index < -0.39 is 0 Å². The number of amides is 1. The van der Waals surface area contributed by atoms with Gasteiger partial charge in [-0.15, -0.1) is 0 Å². The Labute approximate surface area is 129 Å². The molecule has 1 aliphatic rings. The molecule has 1 N–H and O–H groups in total. The first kappa shape index (κ1) is 15.8. The number of rotatable bonds is 5. The Hall–Kier alpha value is -1.55. The van der Waals surface area contributed by atoms with E-state index in [9.17, 15) is 9.59 Å². The lowest BCUT2D eigenvalue weighted by Crippen LogP contribution is -2.31. The zero-order valence-electron chi connectivity index (χ0n) is 11.9. The second-order valence-electron chi connectivity index (χ2n) is 5.38. The van der Waals surface area contributed by atoms with Gasteiger partial charge in [-0.1, -0.05) is 30.9 Å². The largest absolute Gasteiger partial charge is 0.464 e. The van der Waals surface area contributed by atoms with Crippen LogP contribution in [0.25, 0.3) is 0 Å². The molecular weight excluding hydrogens is 290 g/mol. The maximum Gasteiger partial charge on any atom is 0.325 e. The van der Waals surface area contributed by atoms with Gasteiger partial charge < -0.3 is 10.1 Å². The summed E-state index contributed by atoms with van der Waals surface area (Å²) in [6, 6.07) is 6.51. The summed E-state index contributed by atoms with van der Waals surface area (Å²) in [6.07, 6.45) is 5.97. The molecule has 4 nitrogen and oxygen atoms in total. The van der Waals surface area contributed by atoms with Gasteiger partial charge in [0.15, 0.2) is 0 Å². The Morgan fingerprint density at radius 2 is 1.81 bits per heavy atom. The van der Waals surface area contributed by atoms with Crippen LogP contribution in [0.1, 0.15) is 42.5 Å². The van der Waals surface area contributed by atoms with E-state index in [1.165, 1.54) is 19.3 Å². The third kappa shape index (κ3) is 5.38. The molecule has 0 aliphatic heterocycles. The smallest absolute Gasteiger partial charge is 0.325 e. The molecule has 1 aromatic carbocycles. The highest BCUT2D eigenvalue weighted by atomic mass is 35.5. The molecule has 1 saturated carbocycles. The topological polar surface area (TPSA) is 55.4 Å². The number of halogens is 1. The average molecular weight is 310 g/mol. The fourth-order valence-corrected chi connectivity index (χ4v) is 2.60. The summed E-state index contributed by atoms with van der Waals surface area (Å²) >= 11 is 5.75. The van der Waals surface area contributed by atoms with Crippen molar-refractivity contribution in [2.24, 2.45) is 5.92 Å². The fraction of sp³-hybridized carbons (Fsp3) is 0.500. The molecule has 114 valence electrons. The predicted octanol–water partition coefficient (Wildman–Crippen LogP) is 3.19. The van der Waals surface area contributed by atoms with Crippen molar-refractivity contribution in [2.45, 2.75) is 32.1 Å². The van der Waals surface area contributed by atoms with Gasteiger partial charge in [0.1, 0.15) is 6.54 Å². The summed E-state index contributed by atoms with van der Waals surface area (Å²) in [5.74, 6) is -0.209. The van der Waals surface area contributed by atoms with E-state index in [-0.39, 0.29) is 18.4 Å². The third-order valence-electron chi connectivity index (χ3n) is 3.70. The number of hydrogen-bond donors (Lipinski definition) is 1. The predicted molar refractivity (Wildman–Crippen MR) is 81.3 cm³/mol. The second-order valence-corrected chi connectivity index (χ2v) is 5.81. The number of carbonyl (C=O) groups excluding carboxylic acids is 2. The molecule has 0 saturated heterocycles. The van der Waals surface area contributed by atoms with Gasteiger partial charge in [-0.05, 0) is 43.0 Å². The molecule has 2 rings (SSSR count). The molecule has 5 heteroatoms. The van der Waals surface area contributed by atoms with Crippen molar-refractivity contribution in [3.8, 4) is 0 Å². The molecule has 0 heterocycles. The zero-order valence-corrected chi connectivity index (χ0v) is 12.7. The number of carbonyl (C=O) groups is 2. The average Bonchev–Trinajstić information content (AvgIpc) is 2.52. The van der Waals surface area contributed by atoms with E-state index in [1.807, 2.05) is 0 Å². The first-order valence-corrected chi connectivity index (χ1v) is 7.72. The molecule has 21 heavy (non-hydrogen) atoms. The van der Waals surface area contributed by atoms with Gasteiger partial charge in [0.25, 0.3) is 5.91 Å². The van der Waals surface area contributed by atoms with Crippen molar-refractivity contribution in [1.82, 2.24) is 5.32 Å². The minimum absolute atomic E-state index is 0.103. The van der Waals surface area contributed by atoms with Crippen molar-refractivity contribution in [1.29, 1.82) is 0 Å². The summed E-state index contributed by atoms with van der Waals surface area (Å²) in [6.45, 7) is 0.365. The Morgan fingerprint density at radius 3 is 2.48 bits per heavy atom. The highest BCUT2D eigenvalue weighted by Crippen LogP contribution is 2.23. The van der Waals surface area contributed by atoms with Gasteiger partial charge >= 0.3 is 5.97 Å². The van der Waals surface area contributed by atoms with E-state index in [1.54, 1.807) is 24.3 Å².